The number of amides is 1. The Morgan fingerprint density at radius 3 is 2.48 bits per heavy atom. The number of benzene rings is 2. The van der Waals surface area contributed by atoms with Crippen molar-refractivity contribution in [3.8, 4) is 22.6 Å². The molecule has 4 rings (SSSR count). The highest BCUT2D eigenvalue weighted by Crippen LogP contribution is 2.26. The van der Waals surface area contributed by atoms with E-state index in [1.807, 2.05) is 30.3 Å². The number of halogens is 2. The van der Waals surface area contributed by atoms with Crippen LogP contribution < -0.4 is 5.32 Å². The van der Waals surface area contributed by atoms with E-state index in [-0.39, 0.29) is 11.3 Å². The van der Waals surface area contributed by atoms with Gasteiger partial charge in [-0.25, -0.2) is 14.4 Å². The van der Waals surface area contributed by atoms with Crippen molar-refractivity contribution < 1.29 is 9.18 Å². The quantitative estimate of drug-likeness (QED) is 0.504. The zero-order chi connectivity index (χ0) is 20.2. The lowest BCUT2D eigenvalue weighted by atomic mass is 10.1. The van der Waals surface area contributed by atoms with E-state index in [2.05, 4.69) is 20.3 Å². The molecule has 0 radical (unpaired) electrons. The molecule has 29 heavy (non-hydrogen) atoms. The molecule has 0 saturated carbocycles. The lowest BCUT2D eigenvalue weighted by Gasteiger charge is -2.12. The van der Waals surface area contributed by atoms with Crippen LogP contribution in [0.5, 0.6) is 0 Å². The smallest absolute Gasteiger partial charge is 0.259 e. The Kier molecular flexibility index (Phi) is 5.27. The number of nitrogens with zero attached hydrogens (tertiary/aromatic N) is 3. The molecule has 0 fully saturated rings. The van der Waals surface area contributed by atoms with Crippen LogP contribution in [0.1, 0.15) is 10.4 Å². The molecular weight excluding hydrogens is 391 g/mol. The van der Waals surface area contributed by atoms with Gasteiger partial charge in [0.25, 0.3) is 5.91 Å². The first kappa shape index (κ1) is 18.7. The average molecular weight is 405 g/mol. The van der Waals surface area contributed by atoms with E-state index in [0.717, 1.165) is 5.56 Å². The van der Waals surface area contributed by atoms with Crippen molar-refractivity contribution in [1.29, 1.82) is 0 Å². The van der Waals surface area contributed by atoms with Crippen LogP contribution >= 0.6 is 11.6 Å². The minimum atomic E-state index is -0.588. The molecule has 0 aliphatic rings. The number of rotatable bonds is 4. The molecule has 1 N–H and O–H groups in total. The molecule has 1 amide bonds. The molecule has 0 spiro atoms. The van der Waals surface area contributed by atoms with Crippen LogP contribution in [0.4, 0.5) is 10.1 Å². The van der Waals surface area contributed by atoms with Gasteiger partial charge in [-0.05, 0) is 30.3 Å². The van der Waals surface area contributed by atoms with Gasteiger partial charge < -0.3 is 5.32 Å². The minimum Gasteiger partial charge on any atom is -0.319 e. The van der Waals surface area contributed by atoms with E-state index in [0.29, 0.717) is 22.1 Å². The zero-order valence-corrected chi connectivity index (χ0v) is 15.8. The van der Waals surface area contributed by atoms with Crippen LogP contribution in [0.15, 0.2) is 79.3 Å². The van der Waals surface area contributed by atoms with Crippen LogP contribution in [-0.2, 0) is 0 Å². The van der Waals surface area contributed by atoms with E-state index in [4.69, 9.17) is 11.6 Å². The largest absolute Gasteiger partial charge is 0.319 e. The fraction of sp³-hybridized carbons (Fsp3) is 0. The second-order valence-corrected chi connectivity index (χ2v) is 6.57. The molecule has 0 aliphatic carbocycles. The van der Waals surface area contributed by atoms with Gasteiger partial charge in [0.2, 0.25) is 0 Å². The molecule has 2 aromatic carbocycles. The summed E-state index contributed by atoms with van der Waals surface area (Å²) in [5, 5.41) is 2.85. The monoisotopic (exact) mass is 404 g/mol. The second kappa shape index (κ2) is 8.16. The van der Waals surface area contributed by atoms with Crippen LogP contribution in [0.2, 0.25) is 5.02 Å². The van der Waals surface area contributed by atoms with E-state index in [9.17, 15) is 9.18 Å². The molecule has 5 nitrogen and oxygen atoms in total. The molecule has 0 aliphatic heterocycles. The molecule has 0 saturated heterocycles. The Morgan fingerprint density at radius 1 is 0.966 bits per heavy atom. The van der Waals surface area contributed by atoms with Gasteiger partial charge in [-0.2, -0.15) is 0 Å². The number of nitrogens with one attached hydrogen (secondary N) is 1. The number of anilines is 1. The number of pyridine rings is 1. The minimum absolute atomic E-state index is 0.0182. The normalized spacial score (nSPS) is 10.6. The highest BCUT2D eigenvalue weighted by molar-refractivity contribution is 6.31. The molecule has 0 atom stereocenters. The standard InChI is InChI=1S/C22H14ClFN4O/c23-16-6-7-18(24)19(12-16)27-22(29)17-13-26-21(15-4-2-1-3-5-15)28-20(17)14-8-10-25-11-9-14/h1-13H,(H,27,29). The molecule has 2 heterocycles. The van der Waals surface area contributed by atoms with Gasteiger partial charge in [-0.1, -0.05) is 41.9 Å². The topological polar surface area (TPSA) is 67.8 Å². The summed E-state index contributed by atoms with van der Waals surface area (Å²) < 4.78 is 14.0. The number of aromatic nitrogens is 3. The highest BCUT2D eigenvalue weighted by Gasteiger charge is 2.18. The molecule has 7 heteroatoms. The molecule has 142 valence electrons. The van der Waals surface area contributed by atoms with Crippen molar-refractivity contribution in [2.45, 2.75) is 0 Å². The lowest BCUT2D eigenvalue weighted by Crippen LogP contribution is -2.16. The summed E-state index contributed by atoms with van der Waals surface area (Å²) in [7, 11) is 0. The van der Waals surface area contributed by atoms with Gasteiger partial charge in [0.15, 0.2) is 5.82 Å². The summed E-state index contributed by atoms with van der Waals surface area (Å²) in [4.78, 5) is 25.8. The fourth-order valence-electron chi connectivity index (χ4n) is 2.79. The Morgan fingerprint density at radius 2 is 1.72 bits per heavy atom. The highest BCUT2D eigenvalue weighted by atomic mass is 35.5. The molecule has 2 aromatic heterocycles. The van der Waals surface area contributed by atoms with E-state index < -0.39 is 11.7 Å². The maximum atomic E-state index is 14.0. The molecule has 0 bridgehead atoms. The third-order valence-electron chi connectivity index (χ3n) is 4.20. The SMILES string of the molecule is O=C(Nc1cc(Cl)ccc1F)c1cnc(-c2ccccc2)nc1-c1ccncc1. The van der Waals surface area contributed by atoms with Crippen molar-refractivity contribution in [2.24, 2.45) is 0 Å². The van der Waals surface area contributed by atoms with Crippen molar-refractivity contribution in [2.75, 3.05) is 5.32 Å². The first-order valence-electron chi connectivity index (χ1n) is 8.71. The Balaban J connectivity index is 1.78. The van der Waals surface area contributed by atoms with E-state index in [1.54, 1.807) is 24.5 Å². The summed E-state index contributed by atoms with van der Waals surface area (Å²) in [6.45, 7) is 0. The maximum Gasteiger partial charge on any atom is 0.259 e. The summed E-state index contributed by atoms with van der Waals surface area (Å²) in [5.41, 5.74) is 2.11. The maximum absolute atomic E-state index is 14.0. The van der Waals surface area contributed by atoms with Crippen molar-refractivity contribution in [1.82, 2.24) is 15.0 Å². The van der Waals surface area contributed by atoms with Gasteiger partial charge in [0, 0.05) is 34.7 Å². The summed E-state index contributed by atoms with van der Waals surface area (Å²) in [6.07, 6.45) is 4.65. The zero-order valence-electron chi connectivity index (χ0n) is 15.0. The predicted octanol–water partition coefficient (Wildman–Crippen LogP) is 5.25. The summed E-state index contributed by atoms with van der Waals surface area (Å²) in [5.74, 6) is -0.657. The lowest BCUT2D eigenvalue weighted by molar-refractivity contribution is 0.102. The third kappa shape index (κ3) is 4.12. The third-order valence-corrected chi connectivity index (χ3v) is 4.43. The Bertz CT molecular complexity index is 1170. The second-order valence-electron chi connectivity index (χ2n) is 6.14. The van der Waals surface area contributed by atoms with Crippen molar-refractivity contribution in [3.63, 3.8) is 0 Å². The van der Waals surface area contributed by atoms with Crippen LogP contribution in [0, 0.1) is 5.82 Å². The van der Waals surface area contributed by atoms with Crippen LogP contribution in [-0.4, -0.2) is 20.9 Å². The van der Waals surface area contributed by atoms with E-state index >= 15 is 0 Å². The number of carbonyl (C=O) groups excluding carboxylic acids is 1. The first-order chi connectivity index (χ1) is 14.1. The van der Waals surface area contributed by atoms with E-state index in [1.165, 1.54) is 24.4 Å². The molecule has 4 aromatic rings. The molecular formula is C22H14ClFN4O. The van der Waals surface area contributed by atoms with Gasteiger partial charge in [-0.3, -0.25) is 9.78 Å². The number of hydrogen-bond donors (Lipinski definition) is 1. The predicted molar refractivity (Wildman–Crippen MR) is 110 cm³/mol. The average Bonchev–Trinajstić information content (AvgIpc) is 2.77. The van der Waals surface area contributed by atoms with Gasteiger partial charge >= 0.3 is 0 Å². The van der Waals surface area contributed by atoms with Gasteiger partial charge in [0.05, 0.1) is 16.9 Å². The van der Waals surface area contributed by atoms with Crippen LogP contribution in [0.3, 0.4) is 0 Å². The molecule has 0 unspecified atom stereocenters. The summed E-state index contributed by atoms with van der Waals surface area (Å²) in [6, 6.07) is 16.9. The fourth-order valence-corrected chi connectivity index (χ4v) is 2.96. The first-order valence-corrected chi connectivity index (χ1v) is 9.09. The van der Waals surface area contributed by atoms with Gasteiger partial charge in [-0.15, -0.1) is 0 Å². The van der Waals surface area contributed by atoms with Crippen molar-refractivity contribution >= 4 is 23.2 Å². The van der Waals surface area contributed by atoms with Crippen molar-refractivity contribution in [3.05, 3.63) is 95.7 Å². The Labute approximate surface area is 171 Å². The summed E-state index contributed by atoms with van der Waals surface area (Å²) >= 11 is 5.91. The van der Waals surface area contributed by atoms with Crippen LogP contribution in [0.25, 0.3) is 22.6 Å². The van der Waals surface area contributed by atoms with Gasteiger partial charge in [0.1, 0.15) is 5.82 Å². The number of hydrogen-bond acceptors (Lipinski definition) is 4. The Hall–Kier alpha value is -3.64. The number of carbonyl (C=O) groups is 1.